The minimum absolute atomic E-state index is 0.147. The summed E-state index contributed by atoms with van der Waals surface area (Å²) in [6.07, 6.45) is 3.55. The molecule has 0 atom stereocenters. The van der Waals surface area contributed by atoms with Crippen LogP contribution in [-0.4, -0.2) is 58.8 Å². The molecular formula is C20H32O6. The summed E-state index contributed by atoms with van der Waals surface area (Å²) in [5, 5.41) is 0. The van der Waals surface area contributed by atoms with E-state index in [0.29, 0.717) is 59.3 Å². The fourth-order valence-corrected chi connectivity index (χ4v) is 2.08. The average molecular weight is 368 g/mol. The van der Waals surface area contributed by atoms with Crippen molar-refractivity contribution in [3.05, 3.63) is 30.3 Å². The molecule has 6 nitrogen and oxygen atoms in total. The van der Waals surface area contributed by atoms with Gasteiger partial charge in [0.15, 0.2) is 0 Å². The van der Waals surface area contributed by atoms with Crippen molar-refractivity contribution in [3.63, 3.8) is 0 Å². The van der Waals surface area contributed by atoms with Gasteiger partial charge in [-0.25, -0.2) is 0 Å². The molecule has 0 fully saturated rings. The van der Waals surface area contributed by atoms with E-state index in [4.69, 9.17) is 23.7 Å². The lowest BCUT2D eigenvalue weighted by molar-refractivity contribution is -0.145. The molecule has 1 aromatic rings. The second-order valence-electron chi connectivity index (χ2n) is 5.68. The van der Waals surface area contributed by atoms with E-state index in [1.807, 2.05) is 30.3 Å². The van der Waals surface area contributed by atoms with Crippen molar-refractivity contribution in [1.82, 2.24) is 0 Å². The van der Waals surface area contributed by atoms with Crippen molar-refractivity contribution < 1.29 is 28.5 Å². The highest BCUT2D eigenvalue weighted by atomic mass is 16.6. The fraction of sp³-hybridized carbons (Fsp3) is 0.650. The third kappa shape index (κ3) is 13.6. The minimum Gasteiger partial charge on any atom is -0.491 e. The Morgan fingerprint density at radius 2 is 1.35 bits per heavy atom. The second-order valence-corrected chi connectivity index (χ2v) is 5.68. The molecule has 6 heteroatoms. The summed E-state index contributed by atoms with van der Waals surface area (Å²) < 4.78 is 26.7. The van der Waals surface area contributed by atoms with Crippen LogP contribution in [0.25, 0.3) is 0 Å². The van der Waals surface area contributed by atoms with E-state index in [1.165, 1.54) is 0 Å². The zero-order valence-electron chi connectivity index (χ0n) is 15.8. The quantitative estimate of drug-likeness (QED) is 0.311. The summed E-state index contributed by atoms with van der Waals surface area (Å²) in [6.45, 7) is 5.86. The van der Waals surface area contributed by atoms with Gasteiger partial charge in [0, 0.05) is 6.42 Å². The maximum absolute atomic E-state index is 11.4. The monoisotopic (exact) mass is 368 g/mol. The van der Waals surface area contributed by atoms with Crippen molar-refractivity contribution in [3.8, 4) is 5.75 Å². The Bertz CT molecular complexity index is 437. The van der Waals surface area contributed by atoms with Crippen LogP contribution in [0.2, 0.25) is 0 Å². The Kier molecular flexibility index (Phi) is 14.5. The van der Waals surface area contributed by atoms with E-state index in [2.05, 4.69) is 6.92 Å². The number of para-hydroxylation sites is 1. The van der Waals surface area contributed by atoms with Crippen LogP contribution < -0.4 is 4.74 Å². The molecule has 0 amide bonds. The highest BCUT2D eigenvalue weighted by Crippen LogP contribution is 2.07. The fourth-order valence-electron chi connectivity index (χ4n) is 2.08. The number of unbranched alkanes of at least 4 members (excludes halogenated alkanes) is 2. The molecule has 0 aliphatic heterocycles. The van der Waals surface area contributed by atoms with E-state index < -0.39 is 0 Å². The number of rotatable bonds is 17. The third-order valence-corrected chi connectivity index (χ3v) is 3.46. The summed E-state index contributed by atoms with van der Waals surface area (Å²) in [5.74, 6) is 0.697. The van der Waals surface area contributed by atoms with Gasteiger partial charge in [0.1, 0.15) is 19.0 Å². The molecule has 0 aromatic heterocycles. The SMILES string of the molecule is CCCCCC(=O)OCCOCCOCCOCCOc1ccccc1. The normalized spacial score (nSPS) is 10.7. The molecule has 0 saturated heterocycles. The van der Waals surface area contributed by atoms with Crippen LogP contribution in [0, 0.1) is 0 Å². The Morgan fingerprint density at radius 1 is 0.769 bits per heavy atom. The largest absolute Gasteiger partial charge is 0.491 e. The van der Waals surface area contributed by atoms with Crippen LogP contribution in [-0.2, 0) is 23.7 Å². The average Bonchev–Trinajstić information content (AvgIpc) is 2.66. The lowest BCUT2D eigenvalue weighted by Crippen LogP contribution is -2.14. The highest BCUT2D eigenvalue weighted by molar-refractivity contribution is 5.69. The van der Waals surface area contributed by atoms with Crippen molar-refractivity contribution in [2.75, 3.05) is 52.9 Å². The van der Waals surface area contributed by atoms with Gasteiger partial charge in [-0.3, -0.25) is 4.79 Å². The third-order valence-electron chi connectivity index (χ3n) is 3.46. The number of hydrogen-bond acceptors (Lipinski definition) is 6. The van der Waals surface area contributed by atoms with Crippen molar-refractivity contribution in [2.24, 2.45) is 0 Å². The number of ether oxygens (including phenoxy) is 5. The molecule has 148 valence electrons. The smallest absolute Gasteiger partial charge is 0.305 e. The van der Waals surface area contributed by atoms with Gasteiger partial charge in [0.05, 0.1) is 39.6 Å². The lowest BCUT2D eigenvalue weighted by atomic mass is 10.2. The standard InChI is InChI=1S/C20H32O6/c1-2-3-5-10-20(21)26-18-16-24-14-12-22-11-13-23-15-17-25-19-8-6-4-7-9-19/h4,6-9H,2-3,5,10-18H2,1H3. The van der Waals surface area contributed by atoms with E-state index >= 15 is 0 Å². The zero-order valence-corrected chi connectivity index (χ0v) is 15.8. The summed E-state index contributed by atoms with van der Waals surface area (Å²) in [6, 6.07) is 9.64. The van der Waals surface area contributed by atoms with Crippen molar-refractivity contribution in [2.45, 2.75) is 32.6 Å². The van der Waals surface area contributed by atoms with Gasteiger partial charge in [-0.05, 0) is 18.6 Å². The molecule has 1 rings (SSSR count). The van der Waals surface area contributed by atoms with Gasteiger partial charge in [0.2, 0.25) is 0 Å². The Labute approximate surface area is 156 Å². The molecule has 0 aliphatic carbocycles. The Balaban J connectivity index is 1.75. The zero-order chi connectivity index (χ0) is 18.7. The summed E-state index contributed by atoms with van der Waals surface area (Å²) in [7, 11) is 0. The molecule has 0 bridgehead atoms. The molecule has 26 heavy (non-hydrogen) atoms. The number of hydrogen-bond donors (Lipinski definition) is 0. The van der Waals surface area contributed by atoms with Crippen LogP contribution in [0.15, 0.2) is 30.3 Å². The lowest BCUT2D eigenvalue weighted by Gasteiger charge is -2.08. The molecule has 0 heterocycles. The van der Waals surface area contributed by atoms with E-state index in [0.717, 1.165) is 25.0 Å². The van der Waals surface area contributed by atoms with E-state index in [1.54, 1.807) is 0 Å². The summed E-state index contributed by atoms with van der Waals surface area (Å²) in [4.78, 5) is 11.4. The highest BCUT2D eigenvalue weighted by Gasteiger charge is 2.01. The van der Waals surface area contributed by atoms with Crippen molar-refractivity contribution >= 4 is 5.97 Å². The molecule has 0 N–H and O–H groups in total. The van der Waals surface area contributed by atoms with Crippen LogP contribution in [0.4, 0.5) is 0 Å². The molecule has 0 spiro atoms. The first-order valence-corrected chi connectivity index (χ1v) is 9.39. The molecule has 0 aliphatic rings. The summed E-state index contributed by atoms with van der Waals surface area (Å²) in [5.41, 5.74) is 0. The first-order chi connectivity index (χ1) is 12.8. The Hall–Kier alpha value is -1.63. The predicted octanol–water partition coefficient (Wildman–Crippen LogP) is 3.24. The first kappa shape index (κ1) is 22.4. The van der Waals surface area contributed by atoms with Crippen LogP contribution >= 0.6 is 0 Å². The Morgan fingerprint density at radius 3 is 1.96 bits per heavy atom. The van der Waals surface area contributed by atoms with E-state index in [9.17, 15) is 4.79 Å². The number of esters is 1. The van der Waals surface area contributed by atoms with Gasteiger partial charge in [-0.15, -0.1) is 0 Å². The van der Waals surface area contributed by atoms with Crippen LogP contribution in [0.1, 0.15) is 32.6 Å². The maximum Gasteiger partial charge on any atom is 0.305 e. The van der Waals surface area contributed by atoms with Gasteiger partial charge in [0.25, 0.3) is 0 Å². The van der Waals surface area contributed by atoms with Gasteiger partial charge < -0.3 is 23.7 Å². The van der Waals surface area contributed by atoms with Gasteiger partial charge in [-0.1, -0.05) is 38.0 Å². The second kappa shape index (κ2) is 16.8. The van der Waals surface area contributed by atoms with Crippen LogP contribution in [0.3, 0.4) is 0 Å². The topological polar surface area (TPSA) is 63.2 Å². The van der Waals surface area contributed by atoms with Crippen LogP contribution in [0.5, 0.6) is 5.75 Å². The first-order valence-electron chi connectivity index (χ1n) is 9.39. The molecule has 0 unspecified atom stereocenters. The molecule has 1 aromatic carbocycles. The number of carbonyl (C=O) groups is 1. The molecule has 0 radical (unpaired) electrons. The minimum atomic E-state index is -0.147. The molecule has 0 saturated carbocycles. The van der Waals surface area contributed by atoms with Gasteiger partial charge >= 0.3 is 5.97 Å². The number of carbonyl (C=O) groups excluding carboxylic acids is 1. The summed E-state index contributed by atoms with van der Waals surface area (Å²) >= 11 is 0. The van der Waals surface area contributed by atoms with E-state index in [-0.39, 0.29) is 5.97 Å². The van der Waals surface area contributed by atoms with Crippen molar-refractivity contribution in [1.29, 1.82) is 0 Å². The predicted molar refractivity (Wildman–Crippen MR) is 99.5 cm³/mol. The van der Waals surface area contributed by atoms with Gasteiger partial charge in [-0.2, -0.15) is 0 Å². The number of benzene rings is 1. The molecular weight excluding hydrogens is 336 g/mol. The maximum atomic E-state index is 11.4.